The number of imidazole rings is 1. The number of halogens is 1. The molecule has 1 amide bonds. The molecule has 0 saturated carbocycles. The van der Waals surface area contributed by atoms with Crippen LogP contribution in [-0.2, 0) is 15.1 Å². The van der Waals surface area contributed by atoms with Gasteiger partial charge in [-0.05, 0) is 23.8 Å². The van der Waals surface area contributed by atoms with E-state index in [1.165, 1.54) is 0 Å². The average molecular weight is 423 g/mol. The fourth-order valence-electron chi connectivity index (χ4n) is 4.35. The quantitative estimate of drug-likeness (QED) is 0.602. The molecule has 2 aliphatic heterocycles. The summed E-state index contributed by atoms with van der Waals surface area (Å²) >= 11 is 6.57. The molecule has 5 rings (SSSR count). The minimum absolute atomic E-state index is 0.142. The number of benzene rings is 2. The number of hydrogen-bond acceptors (Lipinski definition) is 4. The fraction of sp³-hybridized carbons (Fsp3) is 0.304. The third-order valence-corrected chi connectivity index (χ3v) is 6.37. The Labute approximate surface area is 180 Å². The lowest BCUT2D eigenvalue weighted by Gasteiger charge is -2.35. The molecule has 1 aromatic heterocycles. The first-order valence-electron chi connectivity index (χ1n) is 10.1. The van der Waals surface area contributed by atoms with Crippen LogP contribution in [0.1, 0.15) is 24.3 Å². The van der Waals surface area contributed by atoms with Gasteiger partial charge in [0.15, 0.2) is 11.8 Å². The van der Waals surface area contributed by atoms with Crippen molar-refractivity contribution in [3.05, 3.63) is 83.4 Å². The van der Waals surface area contributed by atoms with Crippen LogP contribution in [0, 0.1) is 0 Å². The third-order valence-electron chi connectivity index (χ3n) is 6.04. The minimum atomic E-state index is -0.634. The first-order valence-corrected chi connectivity index (χ1v) is 10.5. The second kappa shape index (κ2) is 7.45. The summed E-state index contributed by atoms with van der Waals surface area (Å²) in [4.78, 5) is 19.9. The molecule has 0 radical (unpaired) electrons. The number of rotatable bonds is 4. The standard InChI is InChI=1S/C23H23ClN4O2/c1-17(29)26-12-14-27(15-13-26)19-8-6-18(7-9-19)23(20-4-2-3-5-21(20)24)22(30-23)28-11-10-25-16-28/h2-11,16,22H,12-15H2,1H3. The number of carbonyl (C=O) groups excluding carboxylic acids is 1. The van der Waals surface area contributed by atoms with Gasteiger partial charge in [-0.3, -0.25) is 4.79 Å². The molecule has 3 aromatic rings. The van der Waals surface area contributed by atoms with E-state index in [2.05, 4.69) is 34.1 Å². The van der Waals surface area contributed by atoms with Gasteiger partial charge in [-0.2, -0.15) is 0 Å². The van der Waals surface area contributed by atoms with Crippen molar-refractivity contribution < 1.29 is 9.53 Å². The maximum Gasteiger partial charge on any atom is 0.219 e. The van der Waals surface area contributed by atoms with Crippen LogP contribution in [0.25, 0.3) is 0 Å². The lowest BCUT2D eigenvalue weighted by atomic mass is 9.89. The Morgan fingerprint density at radius 3 is 2.47 bits per heavy atom. The number of amides is 1. The van der Waals surface area contributed by atoms with Crippen molar-refractivity contribution in [3.63, 3.8) is 0 Å². The summed E-state index contributed by atoms with van der Waals surface area (Å²) in [5, 5.41) is 0.685. The van der Waals surface area contributed by atoms with Gasteiger partial charge in [0, 0.05) is 61.8 Å². The number of anilines is 1. The minimum Gasteiger partial charge on any atom is -0.368 e. The zero-order valence-electron chi connectivity index (χ0n) is 16.7. The van der Waals surface area contributed by atoms with E-state index in [1.807, 2.05) is 39.9 Å². The molecule has 2 unspecified atom stereocenters. The van der Waals surface area contributed by atoms with Crippen LogP contribution in [-0.4, -0.2) is 46.5 Å². The van der Waals surface area contributed by atoms with E-state index in [1.54, 1.807) is 19.4 Å². The SMILES string of the molecule is CC(=O)N1CCN(c2ccc(C3(c4ccccc4Cl)OC3n3ccnc3)cc2)CC1. The van der Waals surface area contributed by atoms with Crippen molar-refractivity contribution in [2.75, 3.05) is 31.1 Å². The van der Waals surface area contributed by atoms with Gasteiger partial charge in [0.1, 0.15) is 0 Å². The predicted octanol–water partition coefficient (Wildman–Crippen LogP) is 3.68. The molecular formula is C23H23ClN4O2. The second-order valence-electron chi connectivity index (χ2n) is 7.74. The molecule has 0 N–H and O–H groups in total. The fourth-order valence-corrected chi connectivity index (χ4v) is 4.62. The molecule has 2 fully saturated rings. The second-order valence-corrected chi connectivity index (χ2v) is 8.14. The number of hydrogen-bond donors (Lipinski definition) is 0. The van der Waals surface area contributed by atoms with E-state index < -0.39 is 5.60 Å². The number of aromatic nitrogens is 2. The van der Waals surface area contributed by atoms with E-state index >= 15 is 0 Å². The van der Waals surface area contributed by atoms with Crippen molar-refractivity contribution >= 4 is 23.2 Å². The summed E-state index contributed by atoms with van der Waals surface area (Å²) in [6.07, 6.45) is 5.24. The van der Waals surface area contributed by atoms with E-state index in [0.717, 1.165) is 43.0 Å². The molecule has 2 aromatic carbocycles. The summed E-state index contributed by atoms with van der Waals surface area (Å²) in [7, 11) is 0. The van der Waals surface area contributed by atoms with Gasteiger partial charge >= 0.3 is 0 Å². The summed E-state index contributed by atoms with van der Waals surface area (Å²) in [6, 6.07) is 16.3. The molecule has 7 heteroatoms. The van der Waals surface area contributed by atoms with E-state index in [0.29, 0.717) is 5.02 Å². The van der Waals surface area contributed by atoms with Gasteiger partial charge in [0.2, 0.25) is 5.91 Å². The topological polar surface area (TPSA) is 53.9 Å². The number of nitrogens with zero attached hydrogens (tertiary/aromatic N) is 4. The maximum absolute atomic E-state index is 11.6. The Hall–Kier alpha value is -2.83. The normalized spacial score (nSPS) is 23.5. The van der Waals surface area contributed by atoms with Gasteiger partial charge in [0.25, 0.3) is 0 Å². The summed E-state index contributed by atoms with van der Waals surface area (Å²) < 4.78 is 8.28. The molecule has 0 aliphatic carbocycles. The van der Waals surface area contributed by atoms with Gasteiger partial charge < -0.3 is 19.1 Å². The molecular weight excluding hydrogens is 400 g/mol. The molecule has 6 nitrogen and oxygen atoms in total. The number of piperazine rings is 1. The van der Waals surface area contributed by atoms with Crippen LogP contribution in [0.2, 0.25) is 5.02 Å². The van der Waals surface area contributed by atoms with Crippen LogP contribution < -0.4 is 4.90 Å². The molecule has 0 spiro atoms. The van der Waals surface area contributed by atoms with Crippen LogP contribution in [0.15, 0.2) is 67.3 Å². The van der Waals surface area contributed by atoms with Gasteiger partial charge in [0.05, 0.1) is 6.33 Å². The van der Waals surface area contributed by atoms with Crippen molar-refractivity contribution in [3.8, 4) is 0 Å². The van der Waals surface area contributed by atoms with Crippen molar-refractivity contribution in [2.45, 2.75) is 18.8 Å². The van der Waals surface area contributed by atoms with Gasteiger partial charge in [-0.15, -0.1) is 0 Å². The highest BCUT2D eigenvalue weighted by Crippen LogP contribution is 2.60. The smallest absolute Gasteiger partial charge is 0.219 e. The van der Waals surface area contributed by atoms with E-state index in [-0.39, 0.29) is 12.1 Å². The van der Waals surface area contributed by atoms with Crippen molar-refractivity contribution in [1.29, 1.82) is 0 Å². The molecule has 2 saturated heterocycles. The molecule has 3 heterocycles. The number of ether oxygens (including phenoxy) is 1. The Bertz CT molecular complexity index is 1050. The zero-order valence-corrected chi connectivity index (χ0v) is 17.5. The van der Waals surface area contributed by atoms with Gasteiger partial charge in [-0.25, -0.2) is 4.98 Å². The van der Waals surface area contributed by atoms with Crippen LogP contribution in [0.4, 0.5) is 5.69 Å². The molecule has 2 aliphatic rings. The lowest BCUT2D eigenvalue weighted by molar-refractivity contribution is -0.129. The molecule has 2 atom stereocenters. The maximum atomic E-state index is 11.6. The number of epoxide rings is 1. The van der Waals surface area contributed by atoms with Crippen molar-refractivity contribution in [2.24, 2.45) is 0 Å². The summed E-state index contributed by atoms with van der Waals surface area (Å²) in [5.74, 6) is 0.142. The first kappa shape index (κ1) is 19.2. The summed E-state index contributed by atoms with van der Waals surface area (Å²) in [6.45, 7) is 4.81. The van der Waals surface area contributed by atoms with Crippen molar-refractivity contribution in [1.82, 2.24) is 14.5 Å². The van der Waals surface area contributed by atoms with Crippen LogP contribution in [0.5, 0.6) is 0 Å². The molecule has 154 valence electrons. The van der Waals surface area contributed by atoms with Gasteiger partial charge in [-0.1, -0.05) is 41.9 Å². The van der Waals surface area contributed by atoms with Crippen LogP contribution in [0.3, 0.4) is 0 Å². The lowest BCUT2D eigenvalue weighted by Crippen LogP contribution is -2.48. The zero-order chi connectivity index (χ0) is 20.7. The highest BCUT2D eigenvalue weighted by molar-refractivity contribution is 6.31. The van der Waals surface area contributed by atoms with Crippen LogP contribution >= 0.6 is 11.6 Å². The Morgan fingerprint density at radius 2 is 1.83 bits per heavy atom. The molecule has 30 heavy (non-hydrogen) atoms. The Kier molecular flexibility index (Phi) is 4.76. The Morgan fingerprint density at radius 1 is 1.10 bits per heavy atom. The highest BCUT2D eigenvalue weighted by Gasteiger charge is 2.61. The number of carbonyl (C=O) groups is 1. The van der Waals surface area contributed by atoms with E-state index in [9.17, 15) is 4.79 Å². The predicted molar refractivity (Wildman–Crippen MR) is 115 cm³/mol. The largest absolute Gasteiger partial charge is 0.368 e. The summed E-state index contributed by atoms with van der Waals surface area (Å²) in [5.41, 5.74) is 2.52. The van der Waals surface area contributed by atoms with E-state index in [4.69, 9.17) is 16.3 Å². The average Bonchev–Trinajstić information content (AvgIpc) is 3.28. The monoisotopic (exact) mass is 422 g/mol. The first-order chi connectivity index (χ1) is 14.6. The molecule has 0 bridgehead atoms. The Balaban J connectivity index is 1.44. The third kappa shape index (κ3) is 3.16. The highest BCUT2D eigenvalue weighted by atomic mass is 35.5.